The molecule has 0 amide bonds. The fourth-order valence-corrected chi connectivity index (χ4v) is 5.69. The fraction of sp³-hybridized carbons (Fsp3) is 1.00. The first-order valence-corrected chi connectivity index (χ1v) is 11.4. The van der Waals surface area contributed by atoms with E-state index in [0.29, 0.717) is 3.47 Å². The monoisotopic (exact) mass is 328 g/mol. The summed E-state index contributed by atoms with van der Waals surface area (Å²) >= 11 is 0. The molecular weight excluding hydrogens is 308 g/mol. The number of halogens is 3. The Labute approximate surface area is 114 Å². The molecular formula is C9H21Cl3CrN3+. The van der Waals surface area contributed by atoms with E-state index in [1.165, 1.54) is 0 Å². The van der Waals surface area contributed by atoms with E-state index in [-0.39, 0.29) is 0 Å². The average molecular weight is 330 g/mol. The van der Waals surface area contributed by atoms with E-state index >= 15 is 0 Å². The zero-order valence-corrected chi connectivity index (χ0v) is 13.7. The molecule has 1 heterocycles. The molecule has 0 saturated carbocycles. The van der Waals surface area contributed by atoms with E-state index in [4.69, 9.17) is 30.1 Å². The van der Waals surface area contributed by atoms with Gasteiger partial charge in [0.15, 0.2) is 0 Å². The molecule has 1 fully saturated rings. The third-order valence-electron chi connectivity index (χ3n) is 3.23. The van der Waals surface area contributed by atoms with Crippen molar-refractivity contribution in [2.75, 3.05) is 39.6 Å². The first-order valence-electron chi connectivity index (χ1n) is 5.61. The third kappa shape index (κ3) is 3.19. The molecule has 0 N–H and O–H groups in total. The van der Waals surface area contributed by atoms with E-state index in [9.17, 15) is 0 Å². The minimum atomic E-state index is -2.94. The summed E-state index contributed by atoms with van der Waals surface area (Å²) < 4.78 is 0.642. The van der Waals surface area contributed by atoms with Crippen LogP contribution in [-0.4, -0.2) is 52.9 Å². The van der Waals surface area contributed by atoms with Gasteiger partial charge < -0.3 is 0 Å². The Morgan fingerprint density at radius 2 is 1.44 bits per heavy atom. The van der Waals surface area contributed by atoms with Crippen LogP contribution in [0.15, 0.2) is 0 Å². The normalized spacial score (nSPS) is 24.6. The summed E-state index contributed by atoms with van der Waals surface area (Å²) in [6.45, 7) is 12.1. The Hall–Kier alpha value is 1.28. The van der Waals surface area contributed by atoms with Crippen LogP contribution in [0.1, 0.15) is 20.8 Å². The van der Waals surface area contributed by atoms with E-state index in [0.717, 1.165) is 39.6 Å². The molecule has 0 atom stereocenters. The van der Waals surface area contributed by atoms with Crippen LogP contribution in [0.3, 0.4) is 0 Å². The minimum absolute atomic E-state index is 0.642. The molecule has 0 aromatic carbocycles. The van der Waals surface area contributed by atoms with E-state index in [1.807, 2.05) is 0 Å². The van der Waals surface area contributed by atoms with Crippen molar-refractivity contribution >= 4 is 30.1 Å². The van der Waals surface area contributed by atoms with Crippen LogP contribution in [-0.2, 0) is 10.5 Å². The molecule has 0 unspecified atom stereocenters. The first kappa shape index (κ1) is 15.3. The van der Waals surface area contributed by atoms with Gasteiger partial charge in [0.1, 0.15) is 0 Å². The number of hydrogen-bond acceptors (Lipinski definition) is 2. The molecule has 1 aliphatic heterocycles. The van der Waals surface area contributed by atoms with Crippen LogP contribution in [0.5, 0.6) is 0 Å². The maximum absolute atomic E-state index is 6.32. The van der Waals surface area contributed by atoms with Crippen LogP contribution in [0.25, 0.3) is 0 Å². The van der Waals surface area contributed by atoms with Crippen molar-refractivity contribution in [1.29, 1.82) is 0 Å². The SMILES string of the molecule is CCN1CN(CC)C[N+](CC)([Cr]([Cl])([Cl])[Cl])C1. The number of nitrogens with zero attached hydrogens (tertiary/aromatic N) is 3. The summed E-state index contributed by atoms with van der Waals surface area (Å²) in [7, 11) is 16.0. The van der Waals surface area contributed by atoms with Crippen LogP contribution in [0.2, 0.25) is 0 Å². The molecule has 16 heavy (non-hydrogen) atoms. The molecule has 3 nitrogen and oxygen atoms in total. The third-order valence-corrected chi connectivity index (χ3v) is 8.98. The van der Waals surface area contributed by atoms with Crippen LogP contribution in [0, 0.1) is 0 Å². The van der Waals surface area contributed by atoms with Gasteiger partial charge in [0, 0.05) is 0 Å². The van der Waals surface area contributed by atoms with Gasteiger partial charge in [0.25, 0.3) is 0 Å². The van der Waals surface area contributed by atoms with Crippen LogP contribution in [0.4, 0.5) is 0 Å². The molecule has 7 heteroatoms. The van der Waals surface area contributed by atoms with Gasteiger partial charge in [-0.1, -0.05) is 0 Å². The van der Waals surface area contributed by atoms with Gasteiger partial charge in [-0.15, -0.1) is 0 Å². The molecule has 0 radical (unpaired) electrons. The van der Waals surface area contributed by atoms with Crippen molar-refractivity contribution in [3.8, 4) is 0 Å². The summed E-state index contributed by atoms with van der Waals surface area (Å²) in [6.07, 6.45) is 0. The average Bonchev–Trinajstić information content (AvgIpc) is 2.26. The zero-order chi connectivity index (χ0) is 12.4. The van der Waals surface area contributed by atoms with Gasteiger partial charge >= 0.3 is 114 Å². The first-order chi connectivity index (χ1) is 7.38. The van der Waals surface area contributed by atoms with Crippen molar-refractivity contribution in [3.63, 3.8) is 0 Å². The van der Waals surface area contributed by atoms with Gasteiger partial charge in [0.05, 0.1) is 0 Å². The second-order valence-corrected chi connectivity index (χ2v) is 14.0. The van der Waals surface area contributed by atoms with Gasteiger partial charge in [-0.2, -0.15) is 0 Å². The summed E-state index contributed by atoms with van der Waals surface area (Å²) in [5.74, 6) is 0. The van der Waals surface area contributed by atoms with Crippen LogP contribution < -0.4 is 0 Å². The Bertz CT molecular complexity index is 223. The Morgan fingerprint density at radius 1 is 1.00 bits per heavy atom. The molecule has 0 aromatic rings. The van der Waals surface area contributed by atoms with Crippen molar-refractivity contribution in [1.82, 2.24) is 9.80 Å². The van der Waals surface area contributed by atoms with Crippen molar-refractivity contribution in [3.05, 3.63) is 0 Å². The predicted molar refractivity (Wildman–Crippen MR) is 67.7 cm³/mol. The molecule has 0 bridgehead atoms. The summed E-state index contributed by atoms with van der Waals surface area (Å²) in [5, 5.41) is 0. The van der Waals surface area contributed by atoms with Gasteiger partial charge in [-0.3, -0.25) is 0 Å². The summed E-state index contributed by atoms with van der Waals surface area (Å²) in [5.41, 5.74) is 0. The molecule has 0 aromatic heterocycles. The molecule has 0 aliphatic carbocycles. The summed E-state index contributed by atoms with van der Waals surface area (Å²) in [4.78, 5) is 4.71. The Morgan fingerprint density at radius 3 is 1.69 bits per heavy atom. The van der Waals surface area contributed by atoms with E-state index in [2.05, 4.69) is 30.6 Å². The molecule has 0 spiro atoms. The van der Waals surface area contributed by atoms with Gasteiger partial charge in [0.2, 0.25) is 0 Å². The van der Waals surface area contributed by atoms with Gasteiger partial charge in [-0.05, 0) is 0 Å². The van der Waals surface area contributed by atoms with Gasteiger partial charge in [-0.25, -0.2) is 0 Å². The molecule has 1 saturated heterocycles. The zero-order valence-electron chi connectivity index (χ0n) is 10.1. The molecule has 98 valence electrons. The quantitative estimate of drug-likeness (QED) is 0.782. The second kappa shape index (κ2) is 5.95. The van der Waals surface area contributed by atoms with Crippen molar-refractivity contribution < 1.29 is 14.0 Å². The standard InChI is InChI=1S/C9H21N3.3ClH.Cr/c1-4-10-7-11(5-2)9-12(6-3)8-10;;;;/h4-9H2,1-3H3;3*1H;/q;;;;+4/p-3. The van der Waals surface area contributed by atoms with Crippen molar-refractivity contribution in [2.45, 2.75) is 20.8 Å². The van der Waals surface area contributed by atoms with Crippen LogP contribution >= 0.6 is 30.1 Å². The second-order valence-electron chi connectivity index (χ2n) is 4.15. The molecule has 1 rings (SSSR count). The van der Waals surface area contributed by atoms with E-state index < -0.39 is 10.5 Å². The fourth-order valence-electron chi connectivity index (χ4n) is 2.02. The number of quaternary nitrogens is 1. The summed E-state index contributed by atoms with van der Waals surface area (Å²) in [6, 6.07) is 0. The topological polar surface area (TPSA) is 6.48 Å². The predicted octanol–water partition coefficient (Wildman–Crippen LogP) is 2.88. The Balaban J connectivity index is 2.91. The van der Waals surface area contributed by atoms with E-state index in [1.54, 1.807) is 0 Å². The van der Waals surface area contributed by atoms with Crippen molar-refractivity contribution in [2.24, 2.45) is 0 Å². The molecule has 1 aliphatic rings. The Kier molecular flexibility index (Phi) is 5.70. The maximum atomic E-state index is 6.32. The number of rotatable bonds is 4. The number of hydrogen-bond donors (Lipinski definition) is 0.